The number of benzene rings is 1. The minimum absolute atomic E-state index is 0.0182. The molecule has 2 saturated heterocycles. The summed E-state index contributed by atoms with van der Waals surface area (Å²) in [5.74, 6) is 1.16. The number of hydrogen-bond donors (Lipinski definition) is 0. The van der Waals surface area contributed by atoms with Crippen LogP contribution < -0.4 is 9.47 Å². The van der Waals surface area contributed by atoms with E-state index in [1.807, 2.05) is 6.92 Å². The van der Waals surface area contributed by atoms with Crippen molar-refractivity contribution in [2.75, 3.05) is 32.8 Å². The number of fused-ring (bicyclic) bond motifs is 2. The smallest absolute Gasteiger partial charge is 0.243 e. The van der Waals surface area contributed by atoms with Crippen LogP contribution in [0.4, 0.5) is 0 Å². The quantitative estimate of drug-likeness (QED) is 0.802. The maximum absolute atomic E-state index is 13.3. The SMILES string of the molecule is CC1CN2CCCCC2CN1S(=O)(=O)c1ccc2c(c1)OCCCO2. The topological polar surface area (TPSA) is 59.1 Å². The molecule has 1 aromatic carbocycles. The molecule has 1 aromatic rings. The maximum atomic E-state index is 13.3. The van der Waals surface area contributed by atoms with Gasteiger partial charge in [-0.2, -0.15) is 4.31 Å². The van der Waals surface area contributed by atoms with E-state index >= 15 is 0 Å². The van der Waals surface area contributed by atoms with Crippen LogP contribution in [0.25, 0.3) is 0 Å². The Kier molecular flexibility index (Phi) is 4.64. The van der Waals surface area contributed by atoms with Crippen LogP contribution in [-0.4, -0.2) is 62.6 Å². The lowest BCUT2D eigenvalue weighted by Crippen LogP contribution is -2.59. The summed E-state index contributed by atoms with van der Waals surface area (Å²) in [5.41, 5.74) is 0. The Bertz CT molecular complexity index is 737. The van der Waals surface area contributed by atoms with Crippen molar-refractivity contribution in [3.8, 4) is 11.5 Å². The summed E-state index contributed by atoms with van der Waals surface area (Å²) in [7, 11) is -3.54. The normalized spacial score (nSPS) is 28.2. The van der Waals surface area contributed by atoms with Crippen molar-refractivity contribution in [1.29, 1.82) is 0 Å². The van der Waals surface area contributed by atoms with E-state index in [9.17, 15) is 8.42 Å². The Hall–Kier alpha value is -1.31. The number of piperazine rings is 1. The molecule has 0 saturated carbocycles. The third-order valence-corrected chi connectivity index (χ3v) is 7.43. The molecular formula is C18H26N2O4S. The van der Waals surface area contributed by atoms with Gasteiger partial charge in [-0.1, -0.05) is 6.42 Å². The molecule has 0 bridgehead atoms. The van der Waals surface area contributed by atoms with Crippen LogP contribution in [0.15, 0.2) is 23.1 Å². The van der Waals surface area contributed by atoms with Crippen molar-refractivity contribution in [1.82, 2.24) is 9.21 Å². The third-order valence-electron chi connectivity index (χ3n) is 5.46. The van der Waals surface area contributed by atoms with Crippen LogP contribution in [0, 0.1) is 0 Å². The summed E-state index contributed by atoms with van der Waals surface area (Å²) in [5, 5.41) is 0. The van der Waals surface area contributed by atoms with E-state index in [0.29, 0.717) is 42.2 Å². The largest absolute Gasteiger partial charge is 0.490 e. The summed E-state index contributed by atoms with van der Waals surface area (Å²) < 4.78 is 39.5. The van der Waals surface area contributed by atoms with Gasteiger partial charge in [-0.25, -0.2) is 8.42 Å². The number of nitrogens with zero attached hydrogens (tertiary/aromatic N) is 2. The molecule has 0 amide bonds. The molecule has 2 fully saturated rings. The van der Waals surface area contributed by atoms with Gasteiger partial charge in [-0.15, -0.1) is 0 Å². The fourth-order valence-electron chi connectivity index (χ4n) is 4.10. The Morgan fingerprint density at radius 3 is 2.68 bits per heavy atom. The van der Waals surface area contributed by atoms with E-state index in [1.54, 1.807) is 22.5 Å². The van der Waals surface area contributed by atoms with Crippen LogP contribution in [0.5, 0.6) is 11.5 Å². The third kappa shape index (κ3) is 3.25. The van der Waals surface area contributed by atoms with Gasteiger partial charge in [0.25, 0.3) is 0 Å². The van der Waals surface area contributed by atoms with Gasteiger partial charge < -0.3 is 9.47 Å². The summed E-state index contributed by atoms with van der Waals surface area (Å²) >= 11 is 0. The molecule has 3 aliphatic heterocycles. The average molecular weight is 366 g/mol. The summed E-state index contributed by atoms with van der Waals surface area (Å²) in [6.45, 7) is 5.64. The molecule has 3 aliphatic rings. The maximum Gasteiger partial charge on any atom is 0.243 e. The van der Waals surface area contributed by atoms with Gasteiger partial charge in [-0.05, 0) is 38.4 Å². The fraction of sp³-hybridized carbons (Fsp3) is 0.667. The molecule has 2 atom stereocenters. The molecule has 6 nitrogen and oxygen atoms in total. The van der Waals surface area contributed by atoms with Crippen molar-refractivity contribution in [2.24, 2.45) is 0 Å². The van der Waals surface area contributed by atoms with Crippen LogP contribution in [0.3, 0.4) is 0 Å². The van der Waals surface area contributed by atoms with Crippen molar-refractivity contribution >= 4 is 10.0 Å². The highest BCUT2D eigenvalue weighted by molar-refractivity contribution is 7.89. The van der Waals surface area contributed by atoms with Crippen LogP contribution in [-0.2, 0) is 10.0 Å². The molecule has 0 aliphatic carbocycles. The number of rotatable bonds is 2. The molecule has 138 valence electrons. The van der Waals surface area contributed by atoms with Crippen molar-refractivity contribution in [3.63, 3.8) is 0 Å². The fourth-order valence-corrected chi connectivity index (χ4v) is 5.78. The Balaban J connectivity index is 1.61. The highest BCUT2D eigenvalue weighted by Gasteiger charge is 2.39. The van der Waals surface area contributed by atoms with E-state index in [4.69, 9.17) is 9.47 Å². The lowest BCUT2D eigenvalue weighted by molar-refractivity contribution is 0.0564. The summed E-state index contributed by atoms with van der Waals surface area (Å²) in [6, 6.07) is 5.31. The van der Waals surface area contributed by atoms with Gasteiger partial charge in [0.1, 0.15) is 0 Å². The molecule has 0 aromatic heterocycles. The van der Waals surface area contributed by atoms with Gasteiger partial charge in [0.15, 0.2) is 11.5 Å². The first-order chi connectivity index (χ1) is 12.1. The molecule has 7 heteroatoms. The highest BCUT2D eigenvalue weighted by Crippen LogP contribution is 2.34. The molecule has 4 rings (SSSR count). The van der Waals surface area contributed by atoms with Crippen molar-refractivity contribution < 1.29 is 17.9 Å². The second kappa shape index (κ2) is 6.78. The van der Waals surface area contributed by atoms with Crippen LogP contribution in [0.1, 0.15) is 32.6 Å². The molecular weight excluding hydrogens is 340 g/mol. The van der Waals surface area contributed by atoms with E-state index in [1.165, 1.54) is 12.8 Å². The zero-order valence-electron chi connectivity index (χ0n) is 14.7. The zero-order valence-corrected chi connectivity index (χ0v) is 15.5. The summed E-state index contributed by atoms with van der Waals surface area (Å²) in [6.07, 6.45) is 4.29. The Morgan fingerprint density at radius 1 is 1.04 bits per heavy atom. The molecule has 25 heavy (non-hydrogen) atoms. The Labute approximate surface area is 149 Å². The van der Waals surface area contributed by atoms with E-state index in [0.717, 1.165) is 25.9 Å². The number of hydrogen-bond acceptors (Lipinski definition) is 5. The lowest BCUT2D eigenvalue weighted by atomic mass is 9.99. The average Bonchev–Trinajstić information content (AvgIpc) is 2.85. The molecule has 0 radical (unpaired) electrons. The van der Waals surface area contributed by atoms with Gasteiger partial charge in [0.2, 0.25) is 10.0 Å². The number of piperidine rings is 1. The predicted molar refractivity (Wildman–Crippen MR) is 94.6 cm³/mol. The second-order valence-corrected chi connectivity index (χ2v) is 9.12. The van der Waals surface area contributed by atoms with Crippen molar-refractivity contribution in [3.05, 3.63) is 18.2 Å². The molecule has 0 spiro atoms. The van der Waals surface area contributed by atoms with E-state index in [2.05, 4.69) is 4.90 Å². The van der Waals surface area contributed by atoms with Gasteiger partial charge >= 0.3 is 0 Å². The lowest BCUT2D eigenvalue weighted by Gasteiger charge is -2.46. The first-order valence-corrected chi connectivity index (χ1v) is 10.7. The number of ether oxygens (including phenoxy) is 2. The van der Waals surface area contributed by atoms with Crippen LogP contribution >= 0.6 is 0 Å². The monoisotopic (exact) mass is 366 g/mol. The zero-order chi connectivity index (χ0) is 17.4. The highest BCUT2D eigenvalue weighted by atomic mass is 32.2. The van der Waals surface area contributed by atoms with Crippen molar-refractivity contribution in [2.45, 2.75) is 49.6 Å². The first-order valence-electron chi connectivity index (χ1n) is 9.21. The molecule has 2 unspecified atom stereocenters. The first kappa shape index (κ1) is 17.1. The minimum atomic E-state index is -3.54. The predicted octanol–water partition coefficient (Wildman–Crippen LogP) is 2.10. The summed E-state index contributed by atoms with van der Waals surface area (Å²) in [4.78, 5) is 2.75. The van der Waals surface area contributed by atoms with Gasteiger partial charge in [0, 0.05) is 37.7 Å². The minimum Gasteiger partial charge on any atom is -0.490 e. The molecule has 3 heterocycles. The van der Waals surface area contributed by atoms with E-state index < -0.39 is 10.0 Å². The second-order valence-electron chi connectivity index (χ2n) is 7.23. The Morgan fingerprint density at radius 2 is 1.84 bits per heavy atom. The number of sulfonamides is 1. The van der Waals surface area contributed by atoms with E-state index in [-0.39, 0.29) is 6.04 Å². The van der Waals surface area contributed by atoms with Crippen LogP contribution in [0.2, 0.25) is 0 Å². The van der Waals surface area contributed by atoms with Gasteiger partial charge in [-0.3, -0.25) is 4.90 Å². The van der Waals surface area contributed by atoms with Gasteiger partial charge in [0.05, 0.1) is 18.1 Å². The standard InChI is InChI=1S/C18H26N2O4S/c1-14-12-19-8-3-2-5-15(19)13-20(14)25(21,22)16-6-7-17-18(11-16)24-10-4-9-23-17/h6-7,11,14-15H,2-5,8-10,12-13H2,1H3. The molecule has 0 N–H and O–H groups in total.